The van der Waals surface area contributed by atoms with Crippen LogP contribution in [0, 0.1) is 5.82 Å². The van der Waals surface area contributed by atoms with Gasteiger partial charge >= 0.3 is 0 Å². The molecule has 0 radical (unpaired) electrons. The number of halogens is 2. The van der Waals surface area contributed by atoms with Gasteiger partial charge in [0.25, 0.3) is 5.91 Å². The van der Waals surface area contributed by atoms with Crippen LogP contribution in [0.25, 0.3) is 32.2 Å². The number of anilines is 1. The minimum Gasteiger partial charge on any atom is -0.364 e. The fourth-order valence-electron chi connectivity index (χ4n) is 5.05. The molecule has 3 heterocycles. The highest BCUT2D eigenvalue weighted by Crippen LogP contribution is 2.32. The van der Waals surface area contributed by atoms with Crippen molar-refractivity contribution in [1.82, 2.24) is 19.7 Å². The number of nitrogens with one attached hydrogen (secondary N) is 1. The van der Waals surface area contributed by atoms with Crippen LogP contribution in [0.2, 0.25) is 0 Å². The van der Waals surface area contributed by atoms with Gasteiger partial charge in [0, 0.05) is 17.4 Å². The zero-order chi connectivity index (χ0) is 28.0. The van der Waals surface area contributed by atoms with Crippen molar-refractivity contribution in [3.05, 3.63) is 77.7 Å². The Morgan fingerprint density at radius 1 is 1.10 bits per heavy atom. The van der Waals surface area contributed by atoms with Gasteiger partial charge in [-0.3, -0.25) is 19.1 Å². The minimum atomic E-state index is -1.43. The third-order valence-electron chi connectivity index (χ3n) is 6.95. The maximum absolute atomic E-state index is 15.5. The Bertz CT molecular complexity index is 1800. The van der Waals surface area contributed by atoms with E-state index in [4.69, 9.17) is 5.73 Å². The number of nitrogens with zero attached hydrogens (tertiary/aromatic N) is 4. The number of carbonyl (C=O) groups is 3. The molecule has 3 aromatic carbocycles. The molecule has 202 valence electrons. The van der Waals surface area contributed by atoms with Gasteiger partial charge in [-0.25, -0.2) is 13.8 Å². The van der Waals surface area contributed by atoms with E-state index in [1.165, 1.54) is 22.1 Å². The topological polar surface area (TPSA) is 123 Å². The van der Waals surface area contributed by atoms with Gasteiger partial charge in [0.05, 0.1) is 33.5 Å². The number of benzene rings is 3. The van der Waals surface area contributed by atoms with E-state index in [2.05, 4.69) is 15.4 Å². The number of hydrogen-bond donors (Lipinski definition) is 2. The lowest BCUT2D eigenvalue weighted by Crippen LogP contribution is -2.44. The Hall–Kier alpha value is -4.71. The molecule has 6 rings (SSSR count). The zero-order valence-electron chi connectivity index (χ0n) is 20.9. The third-order valence-corrected chi connectivity index (χ3v) is 7.74. The fourth-order valence-corrected chi connectivity index (χ4v) is 5.76. The first kappa shape index (κ1) is 25.6. The number of likely N-dealkylation sites (tertiary alicyclic amines) is 1. The van der Waals surface area contributed by atoms with E-state index in [1.54, 1.807) is 54.0 Å². The van der Waals surface area contributed by atoms with Crippen LogP contribution < -0.4 is 11.1 Å². The van der Waals surface area contributed by atoms with Crippen molar-refractivity contribution < 1.29 is 23.2 Å². The summed E-state index contributed by atoms with van der Waals surface area (Å²) in [6.07, 6.45) is -1.66. The maximum Gasteiger partial charge on any atom is 0.269 e. The number of alkyl halides is 1. The number of hydrogen-bond acceptors (Lipinski definition) is 6. The summed E-state index contributed by atoms with van der Waals surface area (Å²) in [6.45, 7) is -0.635. The van der Waals surface area contributed by atoms with Crippen LogP contribution in [-0.2, 0) is 16.1 Å². The highest BCUT2D eigenvalue weighted by atomic mass is 32.1. The summed E-state index contributed by atoms with van der Waals surface area (Å²) in [5.41, 5.74) is 9.28. The summed E-state index contributed by atoms with van der Waals surface area (Å²) < 4.78 is 32.3. The first-order chi connectivity index (χ1) is 19.3. The van der Waals surface area contributed by atoms with E-state index in [1.807, 2.05) is 6.07 Å². The van der Waals surface area contributed by atoms with Gasteiger partial charge in [-0.15, -0.1) is 11.3 Å². The number of para-hydroxylation sites is 1. The number of carbonyl (C=O) groups excluding carboxylic acids is 3. The number of primary amides is 1. The standard InChI is InChI=1S/C28H22F2N6O3S/c29-16-11-22(35(12-16)24(37)13-36-21-7-2-1-4-18(21)26(34-36)27(31)38)28(39)33-20-6-3-5-17(25(20)30)15-8-9-19-23(10-15)40-14-32-19/h1-10,14,16,22H,11-13H2,(H2,31,38)(H,33,39)/t16-,22+/m1/s1. The molecule has 0 unspecified atom stereocenters. The second-order valence-electron chi connectivity index (χ2n) is 9.47. The largest absolute Gasteiger partial charge is 0.364 e. The van der Waals surface area contributed by atoms with E-state index in [9.17, 15) is 18.8 Å². The van der Waals surface area contributed by atoms with Gasteiger partial charge in [-0.2, -0.15) is 5.10 Å². The number of amides is 3. The van der Waals surface area contributed by atoms with Gasteiger partial charge in [0.15, 0.2) is 11.5 Å². The Labute approximate surface area is 230 Å². The molecule has 0 spiro atoms. The van der Waals surface area contributed by atoms with Crippen LogP contribution in [0.15, 0.2) is 66.2 Å². The van der Waals surface area contributed by atoms with Crippen LogP contribution in [0.1, 0.15) is 16.9 Å². The predicted molar refractivity (Wildman–Crippen MR) is 147 cm³/mol. The Kier molecular flexibility index (Phi) is 6.46. The van der Waals surface area contributed by atoms with Crippen molar-refractivity contribution in [2.24, 2.45) is 5.73 Å². The van der Waals surface area contributed by atoms with Gasteiger partial charge in [-0.05, 0) is 29.8 Å². The SMILES string of the molecule is NC(=O)c1nn(CC(=O)N2C[C@H](F)C[C@H]2C(=O)Nc2cccc(-c3ccc4ncsc4c3)c2F)c2ccccc12. The van der Waals surface area contributed by atoms with Crippen molar-refractivity contribution in [3.8, 4) is 11.1 Å². The van der Waals surface area contributed by atoms with Crippen molar-refractivity contribution >= 4 is 55.9 Å². The highest BCUT2D eigenvalue weighted by molar-refractivity contribution is 7.16. The normalized spacial score (nSPS) is 17.0. The molecule has 5 aromatic rings. The maximum atomic E-state index is 15.5. The summed E-state index contributed by atoms with van der Waals surface area (Å²) in [4.78, 5) is 43.7. The summed E-state index contributed by atoms with van der Waals surface area (Å²) in [6, 6.07) is 15.6. The van der Waals surface area contributed by atoms with Crippen LogP contribution in [-0.4, -0.2) is 56.1 Å². The van der Waals surface area contributed by atoms with Crippen molar-refractivity contribution in [2.45, 2.75) is 25.2 Å². The lowest BCUT2D eigenvalue weighted by atomic mass is 10.0. The molecular formula is C28H22F2N6O3S. The average Bonchev–Trinajstić information content (AvgIpc) is 3.66. The highest BCUT2D eigenvalue weighted by Gasteiger charge is 2.40. The molecule has 40 heavy (non-hydrogen) atoms. The lowest BCUT2D eigenvalue weighted by Gasteiger charge is -2.24. The zero-order valence-corrected chi connectivity index (χ0v) is 21.7. The van der Waals surface area contributed by atoms with Crippen molar-refractivity contribution in [2.75, 3.05) is 11.9 Å². The number of aromatic nitrogens is 3. The molecule has 0 aliphatic carbocycles. The first-order valence-corrected chi connectivity index (χ1v) is 13.3. The van der Waals surface area contributed by atoms with Crippen molar-refractivity contribution in [1.29, 1.82) is 0 Å². The number of nitrogens with two attached hydrogens (primary N) is 1. The van der Waals surface area contributed by atoms with Crippen LogP contribution in [0.4, 0.5) is 14.5 Å². The quantitative estimate of drug-likeness (QED) is 0.323. The Morgan fingerprint density at radius 3 is 2.75 bits per heavy atom. The molecule has 1 aliphatic rings. The fraction of sp³-hybridized carbons (Fsp3) is 0.179. The van der Waals surface area contributed by atoms with E-state index < -0.39 is 35.8 Å². The van der Waals surface area contributed by atoms with E-state index in [0.717, 1.165) is 15.1 Å². The minimum absolute atomic E-state index is 0.00679. The molecule has 1 aliphatic heterocycles. The van der Waals surface area contributed by atoms with Gasteiger partial charge < -0.3 is 16.0 Å². The van der Waals surface area contributed by atoms with Crippen LogP contribution in [0.5, 0.6) is 0 Å². The predicted octanol–water partition coefficient (Wildman–Crippen LogP) is 4.13. The molecule has 3 N–H and O–H groups in total. The molecule has 2 atom stereocenters. The molecule has 0 saturated carbocycles. The van der Waals surface area contributed by atoms with Gasteiger partial charge in [-0.1, -0.05) is 36.4 Å². The summed E-state index contributed by atoms with van der Waals surface area (Å²) in [7, 11) is 0. The molecule has 2 aromatic heterocycles. The van der Waals surface area contributed by atoms with Crippen LogP contribution >= 0.6 is 11.3 Å². The molecule has 9 nitrogen and oxygen atoms in total. The van der Waals surface area contributed by atoms with Crippen LogP contribution in [0.3, 0.4) is 0 Å². The van der Waals surface area contributed by atoms with Gasteiger partial charge in [0.2, 0.25) is 11.8 Å². The summed E-state index contributed by atoms with van der Waals surface area (Å²) in [5.74, 6) is -2.67. The molecule has 3 amide bonds. The first-order valence-electron chi connectivity index (χ1n) is 12.4. The van der Waals surface area contributed by atoms with E-state index in [-0.39, 0.29) is 36.5 Å². The second kappa shape index (κ2) is 10.1. The molecule has 12 heteroatoms. The molecule has 1 fully saturated rings. The average molecular weight is 561 g/mol. The smallest absolute Gasteiger partial charge is 0.269 e. The second-order valence-corrected chi connectivity index (χ2v) is 10.4. The number of thiazole rings is 1. The molecular weight excluding hydrogens is 538 g/mol. The Balaban J connectivity index is 1.23. The van der Waals surface area contributed by atoms with E-state index in [0.29, 0.717) is 16.5 Å². The summed E-state index contributed by atoms with van der Waals surface area (Å²) in [5, 5.41) is 7.19. The number of rotatable bonds is 6. The lowest BCUT2D eigenvalue weighted by molar-refractivity contribution is -0.137. The van der Waals surface area contributed by atoms with E-state index >= 15 is 4.39 Å². The van der Waals surface area contributed by atoms with Crippen molar-refractivity contribution in [3.63, 3.8) is 0 Å². The summed E-state index contributed by atoms with van der Waals surface area (Å²) >= 11 is 1.44. The number of fused-ring (bicyclic) bond motifs is 2. The molecule has 1 saturated heterocycles. The van der Waals surface area contributed by atoms with Gasteiger partial charge in [0.1, 0.15) is 18.8 Å². The third kappa shape index (κ3) is 4.56. The monoisotopic (exact) mass is 560 g/mol. The Morgan fingerprint density at radius 2 is 1.93 bits per heavy atom. The molecule has 0 bridgehead atoms.